The van der Waals surface area contributed by atoms with Crippen LogP contribution in [0.3, 0.4) is 0 Å². The zero-order valence-electron chi connectivity index (χ0n) is 20.3. The van der Waals surface area contributed by atoms with E-state index in [4.69, 9.17) is 13.9 Å². The first-order chi connectivity index (χ1) is 13.8. The maximum Gasteiger partial charge on any atom is 0.193 e. The van der Waals surface area contributed by atoms with Crippen molar-refractivity contribution in [3.63, 3.8) is 0 Å². The molecule has 0 radical (unpaired) electrons. The Balaban J connectivity index is 2.43. The van der Waals surface area contributed by atoms with E-state index >= 15 is 0 Å². The van der Waals surface area contributed by atoms with E-state index in [1.54, 1.807) is 0 Å². The van der Waals surface area contributed by atoms with Crippen LogP contribution in [0, 0.1) is 11.8 Å². The van der Waals surface area contributed by atoms with E-state index in [0.717, 1.165) is 45.3 Å². The van der Waals surface area contributed by atoms with Crippen LogP contribution >= 0.6 is 0 Å². The highest BCUT2D eigenvalue weighted by molar-refractivity contribution is 6.74. The zero-order chi connectivity index (χ0) is 21.6. The highest BCUT2D eigenvalue weighted by atomic mass is 28.4. The first-order valence-electron chi connectivity index (χ1n) is 12.2. The van der Waals surface area contributed by atoms with E-state index in [2.05, 4.69) is 52.6 Å². The molecule has 1 fully saturated rings. The van der Waals surface area contributed by atoms with Crippen LogP contribution in [0.2, 0.25) is 18.1 Å². The molecule has 1 rings (SSSR count). The van der Waals surface area contributed by atoms with Gasteiger partial charge in [-0.1, -0.05) is 65.7 Å². The van der Waals surface area contributed by atoms with Crippen molar-refractivity contribution in [1.29, 1.82) is 0 Å². The second-order valence-electron chi connectivity index (χ2n) is 10.0. The lowest BCUT2D eigenvalue weighted by molar-refractivity contribution is -0.163. The Morgan fingerprint density at radius 2 is 1.76 bits per heavy atom. The summed E-state index contributed by atoms with van der Waals surface area (Å²) in [5.41, 5.74) is 0. The number of ether oxygens (including phenoxy) is 2. The van der Waals surface area contributed by atoms with Gasteiger partial charge < -0.3 is 13.9 Å². The molecule has 0 aliphatic carbocycles. The van der Waals surface area contributed by atoms with E-state index < -0.39 is 8.32 Å². The van der Waals surface area contributed by atoms with E-state index in [-0.39, 0.29) is 17.4 Å². The topological polar surface area (TPSA) is 27.7 Å². The van der Waals surface area contributed by atoms with Gasteiger partial charge >= 0.3 is 0 Å². The van der Waals surface area contributed by atoms with Crippen molar-refractivity contribution < 1.29 is 13.9 Å². The standard InChI is InChI=1S/C25H48O3Si/c1-7-8-9-10-11-12-13-14-18-23(28-29(5,6)25(2,3)4)19-17-22-27-24-20-15-16-21-26-24/h23-24H,7-13,15-17,19-22H2,1-6H3/t23-,24?/m0/s1. The summed E-state index contributed by atoms with van der Waals surface area (Å²) in [6.07, 6.45) is 14.3. The van der Waals surface area contributed by atoms with Crippen LogP contribution in [0.25, 0.3) is 0 Å². The van der Waals surface area contributed by atoms with Crippen molar-refractivity contribution in [2.24, 2.45) is 0 Å². The predicted octanol–water partition coefficient (Wildman–Crippen LogP) is 7.45. The third-order valence-corrected chi connectivity index (χ3v) is 10.7. The Labute approximate surface area is 182 Å². The predicted molar refractivity (Wildman–Crippen MR) is 127 cm³/mol. The molecule has 1 aliphatic rings. The first-order valence-corrected chi connectivity index (χ1v) is 15.1. The SMILES string of the molecule is CCCCCCCCC#C[C@@H](CCCOC1CCCCO1)O[Si](C)(C)C(C)(C)C. The third kappa shape index (κ3) is 12.2. The molecule has 170 valence electrons. The number of unbranched alkanes of at least 4 members (excludes halogenated alkanes) is 6. The minimum absolute atomic E-state index is 0.00213. The molecule has 0 N–H and O–H groups in total. The summed E-state index contributed by atoms with van der Waals surface area (Å²) >= 11 is 0. The molecule has 0 aromatic rings. The Morgan fingerprint density at radius 3 is 2.41 bits per heavy atom. The van der Waals surface area contributed by atoms with Crippen LogP contribution in [-0.2, 0) is 13.9 Å². The summed E-state index contributed by atoms with van der Waals surface area (Å²) in [4.78, 5) is 0. The van der Waals surface area contributed by atoms with Crippen molar-refractivity contribution in [3.8, 4) is 11.8 Å². The van der Waals surface area contributed by atoms with Gasteiger partial charge in [-0.2, -0.15) is 0 Å². The molecule has 3 nitrogen and oxygen atoms in total. The lowest BCUT2D eigenvalue weighted by Crippen LogP contribution is -2.43. The molecule has 4 heteroatoms. The van der Waals surface area contributed by atoms with Crippen LogP contribution < -0.4 is 0 Å². The van der Waals surface area contributed by atoms with Gasteiger partial charge in [-0.3, -0.25) is 0 Å². The van der Waals surface area contributed by atoms with Gasteiger partial charge in [0.25, 0.3) is 0 Å². The average Bonchev–Trinajstić information content (AvgIpc) is 2.66. The zero-order valence-corrected chi connectivity index (χ0v) is 21.3. The molecule has 1 unspecified atom stereocenters. The Hall–Kier alpha value is -0.343. The molecule has 0 aromatic carbocycles. The molecule has 1 saturated heterocycles. The van der Waals surface area contributed by atoms with Crippen LogP contribution in [0.5, 0.6) is 0 Å². The van der Waals surface area contributed by atoms with E-state index in [1.807, 2.05) is 0 Å². The van der Waals surface area contributed by atoms with Gasteiger partial charge in [0.2, 0.25) is 0 Å². The largest absolute Gasteiger partial charge is 0.403 e. The molecule has 0 bridgehead atoms. The van der Waals surface area contributed by atoms with Gasteiger partial charge in [0, 0.05) is 19.6 Å². The Bertz CT molecular complexity index is 467. The summed E-state index contributed by atoms with van der Waals surface area (Å²) in [7, 11) is -1.82. The number of rotatable bonds is 13. The lowest BCUT2D eigenvalue weighted by atomic mass is 10.1. The summed E-state index contributed by atoms with van der Waals surface area (Å²) in [6, 6.07) is 0. The third-order valence-electron chi connectivity index (χ3n) is 6.21. The smallest absolute Gasteiger partial charge is 0.193 e. The van der Waals surface area contributed by atoms with E-state index in [1.165, 1.54) is 44.9 Å². The molecule has 0 aromatic heterocycles. The van der Waals surface area contributed by atoms with Crippen molar-refractivity contribution in [3.05, 3.63) is 0 Å². The molecule has 1 heterocycles. The van der Waals surface area contributed by atoms with Crippen molar-refractivity contribution >= 4 is 8.32 Å². The van der Waals surface area contributed by atoms with Crippen LogP contribution in [0.4, 0.5) is 0 Å². The van der Waals surface area contributed by atoms with Gasteiger partial charge in [-0.15, -0.1) is 5.92 Å². The second-order valence-corrected chi connectivity index (χ2v) is 14.8. The van der Waals surface area contributed by atoms with Crippen LogP contribution in [-0.4, -0.2) is 33.9 Å². The normalized spacial score (nSPS) is 18.9. The Morgan fingerprint density at radius 1 is 1.03 bits per heavy atom. The average molecular weight is 425 g/mol. The maximum atomic E-state index is 6.63. The van der Waals surface area contributed by atoms with Gasteiger partial charge in [0.05, 0.1) is 0 Å². The highest BCUT2D eigenvalue weighted by Gasteiger charge is 2.38. The van der Waals surface area contributed by atoms with Crippen molar-refractivity contribution in [1.82, 2.24) is 0 Å². The quantitative estimate of drug-likeness (QED) is 0.174. The highest BCUT2D eigenvalue weighted by Crippen LogP contribution is 2.37. The monoisotopic (exact) mass is 424 g/mol. The minimum atomic E-state index is -1.82. The number of hydrogen-bond acceptors (Lipinski definition) is 3. The summed E-state index contributed by atoms with van der Waals surface area (Å²) in [5, 5.41) is 0.207. The fourth-order valence-corrected chi connectivity index (χ4v) is 4.44. The number of hydrogen-bond donors (Lipinski definition) is 0. The molecule has 2 atom stereocenters. The Kier molecular flexibility index (Phi) is 13.5. The fraction of sp³-hybridized carbons (Fsp3) is 0.920. The van der Waals surface area contributed by atoms with Crippen LogP contribution in [0.1, 0.15) is 105 Å². The molecule has 0 spiro atoms. The second kappa shape index (κ2) is 14.6. The van der Waals surface area contributed by atoms with Crippen LogP contribution in [0.15, 0.2) is 0 Å². The van der Waals surface area contributed by atoms with E-state index in [9.17, 15) is 0 Å². The summed E-state index contributed by atoms with van der Waals surface area (Å²) in [6.45, 7) is 15.4. The van der Waals surface area contributed by atoms with Gasteiger partial charge in [0.1, 0.15) is 6.10 Å². The molecular weight excluding hydrogens is 376 g/mol. The fourth-order valence-electron chi connectivity index (χ4n) is 3.20. The molecule has 0 saturated carbocycles. The summed E-state index contributed by atoms with van der Waals surface area (Å²) in [5.74, 6) is 6.89. The molecule has 29 heavy (non-hydrogen) atoms. The molecule has 0 amide bonds. The summed E-state index contributed by atoms with van der Waals surface area (Å²) < 4.78 is 18.2. The van der Waals surface area contributed by atoms with E-state index in [0.29, 0.717) is 0 Å². The van der Waals surface area contributed by atoms with Gasteiger partial charge in [0.15, 0.2) is 14.6 Å². The molecular formula is C25H48O3Si. The first kappa shape index (κ1) is 26.7. The maximum absolute atomic E-state index is 6.63. The minimum Gasteiger partial charge on any atom is -0.403 e. The van der Waals surface area contributed by atoms with Gasteiger partial charge in [-0.05, 0) is 56.7 Å². The van der Waals surface area contributed by atoms with Crippen molar-refractivity contribution in [2.75, 3.05) is 13.2 Å². The molecule has 1 aliphatic heterocycles. The lowest BCUT2D eigenvalue weighted by Gasteiger charge is -2.38. The van der Waals surface area contributed by atoms with Crippen molar-refractivity contribution in [2.45, 2.75) is 135 Å². The van der Waals surface area contributed by atoms with Gasteiger partial charge in [-0.25, -0.2) is 0 Å².